The smallest absolute Gasteiger partial charge is 0.250 e. The maximum Gasteiger partial charge on any atom is 0.250 e. The van der Waals surface area contributed by atoms with Crippen LogP contribution in [0.4, 0.5) is 11.5 Å². The highest BCUT2D eigenvalue weighted by molar-refractivity contribution is 6.03. The molecule has 5 N–H and O–H groups in total. The first-order valence-electron chi connectivity index (χ1n) is 8.21. The Balaban J connectivity index is 1.51. The van der Waals surface area contributed by atoms with Crippen molar-refractivity contribution in [2.75, 3.05) is 17.2 Å². The molecule has 0 aliphatic carbocycles. The highest BCUT2D eigenvalue weighted by Gasteiger charge is 2.53. The van der Waals surface area contributed by atoms with Crippen molar-refractivity contribution in [1.29, 1.82) is 0 Å². The number of hydrogen-bond acceptors (Lipinski definition) is 5. The molecule has 8 nitrogen and oxygen atoms in total. The summed E-state index contributed by atoms with van der Waals surface area (Å²) in [6, 6.07) is 9.96. The lowest BCUT2D eigenvalue weighted by Crippen LogP contribution is -2.39. The fourth-order valence-electron chi connectivity index (χ4n) is 3.55. The van der Waals surface area contributed by atoms with Crippen LogP contribution in [0.3, 0.4) is 0 Å². The predicted octanol–water partition coefficient (Wildman–Crippen LogP) is 0.371. The van der Waals surface area contributed by atoms with Gasteiger partial charge in [0.1, 0.15) is 11.9 Å². The van der Waals surface area contributed by atoms with Gasteiger partial charge in [-0.2, -0.15) is 0 Å². The zero-order chi connectivity index (χ0) is 18.3. The third-order valence-electron chi connectivity index (χ3n) is 4.93. The van der Waals surface area contributed by atoms with E-state index in [4.69, 9.17) is 5.73 Å². The van der Waals surface area contributed by atoms with E-state index in [1.54, 1.807) is 0 Å². The number of pyridine rings is 1. The third kappa shape index (κ3) is 2.46. The van der Waals surface area contributed by atoms with Crippen molar-refractivity contribution in [3.8, 4) is 0 Å². The second-order valence-electron chi connectivity index (χ2n) is 6.50. The number of aromatic nitrogens is 1. The summed E-state index contributed by atoms with van der Waals surface area (Å²) in [7, 11) is 0. The molecule has 8 heteroatoms. The number of carbonyl (C=O) groups excluding carboxylic acids is 3. The average molecular weight is 351 g/mol. The van der Waals surface area contributed by atoms with E-state index in [0.717, 1.165) is 11.3 Å². The second kappa shape index (κ2) is 5.83. The summed E-state index contributed by atoms with van der Waals surface area (Å²) in [5, 5.41) is 8.69. The molecule has 2 unspecified atom stereocenters. The highest BCUT2D eigenvalue weighted by Crippen LogP contribution is 2.43. The summed E-state index contributed by atoms with van der Waals surface area (Å²) in [6.45, 7) is 0.466. The van der Waals surface area contributed by atoms with E-state index in [1.165, 1.54) is 18.3 Å². The van der Waals surface area contributed by atoms with Crippen LogP contribution < -0.4 is 21.7 Å². The maximum absolute atomic E-state index is 12.6. The fraction of sp³-hybridized carbons (Fsp3) is 0.222. The van der Waals surface area contributed by atoms with Gasteiger partial charge in [0, 0.05) is 18.4 Å². The molecular formula is C18H17N5O3. The predicted molar refractivity (Wildman–Crippen MR) is 94.5 cm³/mol. The van der Waals surface area contributed by atoms with E-state index in [2.05, 4.69) is 20.9 Å². The van der Waals surface area contributed by atoms with E-state index in [1.807, 2.05) is 24.3 Å². The Morgan fingerprint density at radius 2 is 2.04 bits per heavy atom. The first-order chi connectivity index (χ1) is 12.5. The number of amides is 3. The standard InChI is InChI=1S/C18H17N5O3/c19-15(24)10-5-6-14(20-8-10)23-16(25)13-7-18(17(26)22-13)9-21-12-4-2-1-3-11(12)18/h1-6,8,13,21H,7,9H2,(H2,19,24)(H,22,26)(H,20,23,25). The molecular weight excluding hydrogens is 334 g/mol. The van der Waals surface area contributed by atoms with Gasteiger partial charge in [-0.05, 0) is 30.2 Å². The van der Waals surface area contributed by atoms with Crippen LogP contribution in [0.15, 0.2) is 42.6 Å². The molecule has 1 fully saturated rings. The quantitative estimate of drug-likeness (QED) is 0.636. The topological polar surface area (TPSA) is 126 Å². The molecule has 2 atom stereocenters. The number of carbonyl (C=O) groups is 3. The van der Waals surface area contributed by atoms with Gasteiger partial charge in [0.25, 0.3) is 0 Å². The molecule has 4 rings (SSSR count). The molecule has 2 aliphatic rings. The number of nitrogens with zero attached hydrogens (tertiary/aromatic N) is 1. The van der Waals surface area contributed by atoms with Gasteiger partial charge in [0.15, 0.2) is 0 Å². The van der Waals surface area contributed by atoms with E-state index >= 15 is 0 Å². The molecule has 1 aromatic carbocycles. The van der Waals surface area contributed by atoms with Gasteiger partial charge in [0.2, 0.25) is 17.7 Å². The number of para-hydroxylation sites is 1. The van der Waals surface area contributed by atoms with E-state index in [-0.39, 0.29) is 17.4 Å². The Kier molecular flexibility index (Phi) is 3.61. The molecule has 0 radical (unpaired) electrons. The summed E-state index contributed by atoms with van der Waals surface area (Å²) < 4.78 is 0. The molecule has 3 amide bonds. The minimum atomic E-state index is -0.734. The Morgan fingerprint density at radius 3 is 2.77 bits per heavy atom. The summed E-state index contributed by atoms with van der Waals surface area (Å²) in [6.07, 6.45) is 1.66. The Bertz CT molecular complexity index is 911. The lowest BCUT2D eigenvalue weighted by atomic mass is 9.79. The number of nitrogens with one attached hydrogen (secondary N) is 3. The van der Waals surface area contributed by atoms with Crippen molar-refractivity contribution in [2.45, 2.75) is 17.9 Å². The lowest BCUT2D eigenvalue weighted by Gasteiger charge is -2.19. The van der Waals surface area contributed by atoms with Gasteiger partial charge in [0.05, 0.1) is 11.0 Å². The van der Waals surface area contributed by atoms with Crippen molar-refractivity contribution in [3.63, 3.8) is 0 Å². The molecule has 1 spiro atoms. The zero-order valence-corrected chi connectivity index (χ0v) is 13.8. The number of anilines is 2. The van der Waals surface area contributed by atoms with Crippen molar-refractivity contribution in [1.82, 2.24) is 10.3 Å². The van der Waals surface area contributed by atoms with Gasteiger partial charge in [-0.15, -0.1) is 0 Å². The van der Waals surface area contributed by atoms with Crippen LogP contribution in [0.5, 0.6) is 0 Å². The second-order valence-corrected chi connectivity index (χ2v) is 6.50. The van der Waals surface area contributed by atoms with Gasteiger partial charge >= 0.3 is 0 Å². The maximum atomic E-state index is 12.6. The zero-order valence-electron chi connectivity index (χ0n) is 13.8. The largest absolute Gasteiger partial charge is 0.383 e. The molecule has 0 bridgehead atoms. The van der Waals surface area contributed by atoms with Crippen molar-refractivity contribution < 1.29 is 14.4 Å². The summed E-state index contributed by atoms with van der Waals surface area (Å²) in [4.78, 5) is 40.3. The number of rotatable bonds is 3. The number of primary amides is 1. The molecule has 2 aromatic rings. The first-order valence-corrected chi connectivity index (χ1v) is 8.21. The van der Waals surface area contributed by atoms with Gasteiger partial charge < -0.3 is 21.7 Å². The number of fused-ring (bicyclic) bond motifs is 2. The number of hydrogen-bond donors (Lipinski definition) is 4. The Labute approximate surface area is 149 Å². The lowest BCUT2D eigenvalue weighted by molar-refractivity contribution is -0.125. The summed E-state index contributed by atoms with van der Waals surface area (Å²) in [5.41, 5.74) is 6.52. The fourth-order valence-corrected chi connectivity index (χ4v) is 3.55. The van der Waals surface area contributed by atoms with E-state index in [0.29, 0.717) is 18.8 Å². The minimum Gasteiger partial charge on any atom is -0.383 e. The van der Waals surface area contributed by atoms with Gasteiger partial charge in [-0.25, -0.2) is 4.98 Å². The SMILES string of the molecule is NC(=O)c1ccc(NC(=O)C2CC3(CNc4ccccc43)C(=O)N2)nc1. The molecule has 1 saturated heterocycles. The van der Waals surface area contributed by atoms with Crippen LogP contribution in [0.1, 0.15) is 22.3 Å². The van der Waals surface area contributed by atoms with Crippen molar-refractivity contribution in [3.05, 3.63) is 53.7 Å². The molecule has 1 aromatic heterocycles. The van der Waals surface area contributed by atoms with Gasteiger partial charge in [-0.3, -0.25) is 14.4 Å². The van der Waals surface area contributed by atoms with Crippen LogP contribution in [0.25, 0.3) is 0 Å². The van der Waals surface area contributed by atoms with E-state index in [9.17, 15) is 14.4 Å². The van der Waals surface area contributed by atoms with Crippen molar-refractivity contribution in [2.24, 2.45) is 5.73 Å². The molecule has 3 heterocycles. The third-order valence-corrected chi connectivity index (χ3v) is 4.93. The monoisotopic (exact) mass is 351 g/mol. The summed E-state index contributed by atoms with van der Waals surface area (Å²) >= 11 is 0. The van der Waals surface area contributed by atoms with Crippen LogP contribution in [-0.2, 0) is 15.0 Å². The van der Waals surface area contributed by atoms with E-state index < -0.39 is 17.4 Å². The first kappa shape index (κ1) is 16.1. The van der Waals surface area contributed by atoms with Crippen LogP contribution in [0, 0.1) is 0 Å². The minimum absolute atomic E-state index is 0.160. The van der Waals surface area contributed by atoms with Gasteiger partial charge in [-0.1, -0.05) is 18.2 Å². The number of nitrogens with two attached hydrogens (primary N) is 1. The normalized spacial score (nSPS) is 23.2. The molecule has 2 aliphatic heterocycles. The molecule has 0 saturated carbocycles. The van der Waals surface area contributed by atoms with Crippen molar-refractivity contribution >= 4 is 29.2 Å². The Morgan fingerprint density at radius 1 is 1.23 bits per heavy atom. The molecule has 26 heavy (non-hydrogen) atoms. The Hall–Kier alpha value is -3.42. The van der Waals surface area contributed by atoms with Crippen LogP contribution >= 0.6 is 0 Å². The van der Waals surface area contributed by atoms with Crippen LogP contribution in [0.2, 0.25) is 0 Å². The number of benzene rings is 1. The molecule has 132 valence electrons. The highest BCUT2D eigenvalue weighted by atomic mass is 16.2. The average Bonchev–Trinajstić information content (AvgIpc) is 3.18. The summed E-state index contributed by atoms with van der Waals surface area (Å²) in [5.74, 6) is -0.806. The van der Waals surface area contributed by atoms with Crippen LogP contribution in [-0.4, -0.2) is 35.3 Å².